The highest BCUT2D eigenvalue weighted by Crippen LogP contribution is 2.43. The fourth-order valence-electron chi connectivity index (χ4n) is 6.00. The smallest absolute Gasteiger partial charge is 0.240 e. The van der Waals surface area contributed by atoms with E-state index >= 15 is 0 Å². The van der Waals surface area contributed by atoms with E-state index in [1.54, 1.807) is 25.3 Å². The van der Waals surface area contributed by atoms with Gasteiger partial charge < -0.3 is 19.3 Å². The molecule has 3 fully saturated rings. The molecule has 10 heteroatoms. The second-order valence-corrected chi connectivity index (χ2v) is 12.6. The molecule has 1 amide bonds. The quantitative estimate of drug-likeness (QED) is 0.525. The van der Waals surface area contributed by atoms with Gasteiger partial charge in [0.2, 0.25) is 15.9 Å². The van der Waals surface area contributed by atoms with Crippen LogP contribution in [0.25, 0.3) is 0 Å². The van der Waals surface area contributed by atoms with Crippen molar-refractivity contribution in [3.63, 3.8) is 0 Å². The lowest BCUT2D eigenvalue weighted by Crippen LogP contribution is -2.54. The van der Waals surface area contributed by atoms with Crippen LogP contribution in [0, 0.1) is 0 Å². The van der Waals surface area contributed by atoms with Crippen molar-refractivity contribution >= 4 is 33.2 Å². The molecule has 1 saturated carbocycles. The number of rotatable bonds is 8. The lowest BCUT2D eigenvalue weighted by Gasteiger charge is -2.41. The fraction of sp³-hybridized carbons (Fsp3) is 0.536. The fourth-order valence-corrected chi connectivity index (χ4v) is 7.21. The largest absolute Gasteiger partial charge is 0.495 e. The Morgan fingerprint density at radius 1 is 1.08 bits per heavy atom. The van der Waals surface area contributed by atoms with Crippen molar-refractivity contribution in [2.24, 2.45) is 0 Å². The number of piperazine rings is 1. The number of benzene rings is 2. The van der Waals surface area contributed by atoms with E-state index < -0.39 is 15.4 Å². The van der Waals surface area contributed by atoms with Crippen molar-refractivity contribution in [1.29, 1.82) is 0 Å². The Bertz CT molecular complexity index is 1230. The van der Waals surface area contributed by atoms with Crippen LogP contribution >= 0.6 is 11.6 Å². The zero-order valence-corrected chi connectivity index (χ0v) is 23.4. The zero-order valence-electron chi connectivity index (χ0n) is 21.8. The van der Waals surface area contributed by atoms with Gasteiger partial charge in [-0.15, -0.1) is 0 Å². The highest BCUT2D eigenvalue weighted by atomic mass is 35.5. The number of sulfonamides is 1. The van der Waals surface area contributed by atoms with Crippen LogP contribution in [0.5, 0.6) is 5.75 Å². The average Bonchev–Trinajstić information content (AvgIpc) is 3.65. The van der Waals surface area contributed by atoms with Gasteiger partial charge in [0.15, 0.2) is 0 Å². The Morgan fingerprint density at radius 3 is 2.42 bits per heavy atom. The number of methoxy groups -OCH3 is 1. The van der Waals surface area contributed by atoms with Crippen molar-refractivity contribution in [1.82, 2.24) is 9.62 Å². The summed E-state index contributed by atoms with van der Waals surface area (Å²) >= 11 is 6.12. The van der Waals surface area contributed by atoms with Crippen LogP contribution in [0.2, 0.25) is 5.02 Å². The topological polar surface area (TPSA) is 88.2 Å². The van der Waals surface area contributed by atoms with E-state index in [-0.39, 0.29) is 23.5 Å². The van der Waals surface area contributed by atoms with Crippen LogP contribution in [0.4, 0.5) is 5.69 Å². The Morgan fingerprint density at radius 2 is 1.79 bits per heavy atom. The second kappa shape index (κ2) is 11.4. The summed E-state index contributed by atoms with van der Waals surface area (Å²) < 4.78 is 39.9. The number of ether oxygens (including phenoxy) is 2. The number of nitrogens with zero attached hydrogens (tertiary/aromatic N) is 2. The van der Waals surface area contributed by atoms with Gasteiger partial charge in [-0.1, -0.05) is 36.6 Å². The predicted molar refractivity (Wildman–Crippen MR) is 148 cm³/mol. The van der Waals surface area contributed by atoms with E-state index in [0.29, 0.717) is 49.2 Å². The molecule has 1 N–H and O–H groups in total. The molecule has 3 aliphatic rings. The van der Waals surface area contributed by atoms with Gasteiger partial charge in [-0.2, -0.15) is 0 Å². The minimum Gasteiger partial charge on any atom is -0.495 e. The summed E-state index contributed by atoms with van der Waals surface area (Å²) in [4.78, 5) is 18.2. The van der Waals surface area contributed by atoms with E-state index in [1.165, 1.54) is 0 Å². The summed E-state index contributed by atoms with van der Waals surface area (Å²) in [5, 5.41) is 0.670. The maximum absolute atomic E-state index is 13.9. The molecule has 0 aromatic heterocycles. The van der Waals surface area contributed by atoms with Crippen LogP contribution in [0.1, 0.15) is 44.1 Å². The number of carbonyl (C=O) groups excluding carboxylic acids is 1. The van der Waals surface area contributed by atoms with E-state index in [4.69, 9.17) is 21.1 Å². The van der Waals surface area contributed by atoms with Crippen molar-refractivity contribution in [2.45, 2.75) is 54.9 Å². The molecule has 2 aromatic carbocycles. The standard InChI is InChI=1S/C28H36ClN3O5S/c1-36-26-11-10-24(38(34,35)30-20-23-5-4-18-37-23)19-25(26)31-14-16-32(17-15-31)27(33)28(12-2-3-13-28)21-6-8-22(29)9-7-21/h6-11,19,23,30H,2-5,12-18,20H2,1H3/t23-/m1/s1. The summed E-state index contributed by atoms with van der Waals surface area (Å²) in [6, 6.07) is 12.6. The third-order valence-electron chi connectivity index (χ3n) is 8.16. The number of hydrogen-bond acceptors (Lipinski definition) is 6. The lowest BCUT2D eigenvalue weighted by molar-refractivity contribution is -0.137. The number of halogens is 1. The van der Waals surface area contributed by atoms with Gasteiger partial charge in [-0.3, -0.25) is 4.79 Å². The predicted octanol–water partition coefficient (Wildman–Crippen LogP) is 3.97. The average molecular weight is 562 g/mol. The van der Waals surface area contributed by atoms with Gasteiger partial charge in [0.05, 0.1) is 29.2 Å². The summed E-state index contributed by atoms with van der Waals surface area (Å²) in [5.74, 6) is 0.787. The Hall–Kier alpha value is -2.33. The highest BCUT2D eigenvalue weighted by Gasteiger charge is 2.45. The van der Waals surface area contributed by atoms with Gasteiger partial charge in [0.25, 0.3) is 0 Å². The third-order valence-corrected chi connectivity index (χ3v) is 9.83. The van der Waals surface area contributed by atoms with Crippen LogP contribution < -0.4 is 14.4 Å². The number of hydrogen-bond donors (Lipinski definition) is 1. The molecule has 2 aliphatic heterocycles. The maximum Gasteiger partial charge on any atom is 0.240 e. The summed E-state index contributed by atoms with van der Waals surface area (Å²) in [7, 11) is -2.12. The van der Waals surface area contributed by atoms with Crippen molar-refractivity contribution < 1.29 is 22.7 Å². The van der Waals surface area contributed by atoms with Crippen molar-refractivity contribution in [3.05, 3.63) is 53.1 Å². The first-order valence-electron chi connectivity index (χ1n) is 13.4. The van der Waals surface area contributed by atoms with Crippen molar-refractivity contribution in [2.75, 3.05) is 51.3 Å². The Labute approximate surface area is 230 Å². The van der Waals surface area contributed by atoms with E-state index in [1.807, 2.05) is 29.2 Å². The SMILES string of the molecule is COc1ccc(S(=O)(=O)NC[C@H]2CCCO2)cc1N1CCN(C(=O)C2(c3ccc(Cl)cc3)CCCC2)CC1. The zero-order chi connectivity index (χ0) is 26.8. The number of carbonyl (C=O) groups is 1. The van der Waals surface area contributed by atoms with E-state index in [0.717, 1.165) is 44.1 Å². The molecular formula is C28H36ClN3O5S. The molecule has 1 atom stereocenters. The minimum atomic E-state index is -3.70. The van der Waals surface area contributed by atoms with Gasteiger partial charge in [-0.05, 0) is 61.6 Å². The monoisotopic (exact) mass is 561 g/mol. The number of amides is 1. The molecular weight excluding hydrogens is 526 g/mol. The molecule has 38 heavy (non-hydrogen) atoms. The van der Waals surface area contributed by atoms with Crippen LogP contribution in [0.3, 0.4) is 0 Å². The highest BCUT2D eigenvalue weighted by molar-refractivity contribution is 7.89. The molecule has 1 aliphatic carbocycles. The number of nitrogens with one attached hydrogen (secondary N) is 1. The van der Waals surface area contributed by atoms with E-state index in [2.05, 4.69) is 9.62 Å². The molecule has 0 unspecified atom stereocenters. The summed E-state index contributed by atoms with van der Waals surface area (Å²) in [6.07, 6.45) is 5.50. The van der Waals surface area contributed by atoms with Gasteiger partial charge in [0, 0.05) is 44.4 Å². The minimum absolute atomic E-state index is 0.0795. The van der Waals surface area contributed by atoms with Gasteiger partial charge in [0.1, 0.15) is 5.75 Å². The lowest BCUT2D eigenvalue weighted by atomic mass is 9.77. The molecule has 2 heterocycles. The molecule has 0 radical (unpaired) electrons. The summed E-state index contributed by atoms with van der Waals surface area (Å²) in [5.41, 5.74) is 1.27. The summed E-state index contributed by atoms with van der Waals surface area (Å²) in [6.45, 7) is 3.24. The van der Waals surface area contributed by atoms with Crippen molar-refractivity contribution in [3.8, 4) is 5.75 Å². The third kappa shape index (κ3) is 5.52. The first-order valence-corrected chi connectivity index (χ1v) is 15.3. The normalized spacial score (nSPS) is 21.6. The van der Waals surface area contributed by atoms with Gasteiger partial charge in [-0.25, -0.2) is 13.1 Å². The molecule has 2 saturated heterocycles. The molecule has 0 bridgehead atoms. The van der Waals surface area contributed by atoms with Crippen LogP contribution in [-0.2, 0) is 25.0 Å². The molecule has 2 aromatic rings. The maximum atomic E-state index is 13.9. The second-order valence-electron chi connectivity index (χ2n) is 10.4. The molecule has 8 nitrogen and oxygen atoms in total. The Balaban J connectivity index is 1.29. The number of anilines is 1. The first-order chi connectivity index (χ1) is 18.3. The molecule has 5 rings (SSSR count). The van der Waals surface area contributed by atoms with Gasteiger partial charge >= 0.3 is 0 Å². The Kier molecular flexibility index (Phi) is 8.19. The molecule has 0 spiro atoms. The van der Waals surface area contributed by atoms with E-state index in [9.17, 15) is 13.2 Å². The first kappa shape index (κ1) is 27.2. The molecule has 206 valence electrons. The van der Waals surface area contributed by atoms with Crippen LogP contribution in [0.15, 0.2) is 47.4 Å². The van der Waals surface area contributed by atoms with Crippen LogP contribution in [-0.4, -0.2) is 71.8 Å².